The number of hydrogen-bond donors (Lipinski definition) is 0. The Morgan fingerprint density at radius 1 is 0.288 bits per heavy atom. The van der Waals surface area contributed by atoms with Crippen molar-refractivity contribution in [3.63, 3.8) is 0 Å². The van der Waals surface area contributed by atoms with Crippen molar-refractivity contribution in [1.82, 2.24) is 19.9 Å². The average Bonchev–Trinajstić information content (AvgIpc) is 3.72. The zero-order chi connectivity index (χ0) is 38.9. The van der Waals surface area contributed by atoms with Crippen LogP contribution in [0.2, 0.25) is 0 Å². The van der Waals surface area contributed by atoms with Crippen molar-refractivity contribution >= 4 is 65.2 Å². The second kappa shape index (κ2) is 13.3. The van der Waals surface area contributed by atoms with Crippen LogP contribution < -0.4 is 0 Å². The molecule has 5 heteroatoms. The maximum absolute atomic E-state index is 6.43. The van der Waals surface area contributed by atoms with Crippen LogP contribution in [0.25, 0.3) is 122 Å². The fourth-order valence-corrected chi connectivity index (χ4v) is 8.65. The van der Waals surface area contributed by atoms with Crippen LogP contribution in [0.5, 0.6) is 0 Å². The van der Waals surface area contributed by atoms with Crippen LogP contribution in [-0.2, 0) is 0 Å². The molecule has 3 aromatic heterocycles. The van der Waals surface area contributed by atoms with Crippen molar-refractivity contribution in [3.8, 4) is 56.5 Å². The van der Waals surface area contributed by atoms with Gasteiger partial charge >= 0.3 is 0 Å². The molecule has 0 aliphatic carbocycles. The highest BCUT2D eigenvalue weighted by Gasteiger charge is 2.18. The minimum Gasteiger partial charge on any atom is -0.455 e. The summed E-state index contributed by atoms with van der Waals surface area (Å²) in [6.07, 6.45) is 0. The molecular weight excluding hydrogens is 721 g/mol. The molecule has 0 fully saturated rings. The van der Waals surface area contributed by atoms with E-state index in [9.17, 15) is 0 Å². The Morgan fingerprint density at radius 2 is 0.729 bits per heavy atom. The molecule has 0 unspecified atom stereocenters. The van der Waals surface area contributed by atoms with Crippen LogP contribution in [0.15, 0.2) is 199 Å². The summed E-state index contributed by atoms with van der Waals surface area (Å²) in [4.78, 5) is 20.4. The second-order valence-electron chi connectivity index (χ2n) is 15.0. The van der Waals surface area contributed by atoms with Gasteiger partial charge in [-0.25, -0.2) is 19.9 Å². The third-order valence-electron chi connectivity index (χ3n) is 11.5. The van der Waals surface area contributed by atoms with Crippen LogP contribution in [0.4, 0.5) is 0 Å². The van der Waals surface area contributed by atoms with E-state index in [2.05, 4.69) is 133 Å². The summed E-state index contributed by atoms with van der Waals surface area (Å²) in [6, 6.07) is 67.5. The van der Waals surface area contributed by atoms with E-state index in [4.69, 9.17) is 24.4 Å². The number of aromatic nitrogens is 4. The van der Waals surface area contributed by atoms with E-state index in [1.54, 1.807) is 0 Å². The summed E-state index contributed by atoms with van der Waals surface area (Å²) < 4.78 is 6.43. The molecule has 0 N–H and O–H groups in total. The summed E-state index contributed by atoms with van der Waals surface area (Å²) in [5, 5.41) is 10.4. The Balaban J connectivity index is 0.932. The van der Waals surface area contributed by atoms with Gasteiger partial charge in [0, 0.05) is 33.0 Å². The highest BCUT2D eigenvalue weighted by atomic mass is 16.3. The predicted molar refractivity (Wildman–Crippen MR) is 242 cm³/mol. The summed E-state index contributed by atoms with van der Waals surface area (Å²) in [5.41, 5.74) is 9.58. The lowest BCUT2D eigenvalue weighted by molar-refractivity contribution is 0.672. The number of nitrogens with zero attached hydrogens (tertiary/aromatic N) is 4. The first-order valence-corrected chi connectivity index (χ1v) is 19.8. The molecule has 0 saturated carbocycles. The molecule has 274 valence electrons. The highest BCUT2D eigenvalue weighted by Crippen LogP contribution is 2.40. The molecule has 0 radical (unpaired) electrons. The second-order valence-corrected chi connectivity index (χ2v) is 15.0. The lowest BCUT2D eigenvalue weighted by atomic mass is 9.93. The van der Waals surface area contributed by atoms with E-state index in [1.165, 1.54) is 32.3 Å². The van der Waals surface area contributed by atoms with E-state index in [0.29, 0.717) is 17.5 Å². The molecule has 0 aliphatic rings. The third-order valence-corrected chi connectivity index (χ3v) is 11.5. The standard InChI is InChI=1S/C54H32N4O/c1-2-12-36(13-3-1)52-56-53(58-54(57-52)38-30-31-43-41-16-5-4-14-39(41)40-15-6-7-17-42(40)46(43)32-38)37-28-24-34(25-29-37)33-22-26-35(27-23-33)50-49-45-19-9-11-21-48(45)59-51(49)44-18-8-10-20-47(44)55-50/h1-32H. The summed E-state index contributed by atoms with van der Waals surface area (Å²) in [5.74, 6) is 1.89. The van der Waals surface area contributed by atoms with Gasteiger partial charge in [-0.05, 0) is 67.7 Å². The molecule has 5 nitrogen and oxygen atoms in total. The maximum Gasteiger partial charge on any atom is 0.164 e. The van der Waals surface area contributed by atoms with E-state index in [1.807, 2.05) is 60.7 Å². The zero-order valence-corrected chi connectivity index (χ0v) is 31.7. The lowest BCUT2D eigenvalue weighted by Gasteiger charge is -2.12. The van der Waals surface area contributed by atoms with E-state index in [0.717, 1.165) is 71.9 Å². The number of para-hydroxylation sites is 2. The molecule has 0 spiro atoms. The van der Waals surface area contributed by atoms with Gasteiger partial charge in [-0.15, -0.1) is 0 Å². The maximum atomic E-state index is 6.43. The SMILES string of the molecule is c1ccc(-c2nc(-c3ccc(-c4ccc(-c5nc6ccccc6c6oc7ccccc7c56)cc4)cc3)nc(-c3ccc4c5ccccc5c5ccccc5c4c3)n2)cc1. The molecule has 0 amide bonds. The summed E-state index contributed by atoms with van der Waals surface area (Å²) in [6.45, 7) is 0. The first-order valence-electron chi connectivity index (χ1n) is 19.8. The van der Waals surface area contributed by atoms with Crippen molar-refractivity contribution in [1.29, 1.82) is 0 Å². The Hall–Kier alpha value is -8.02. The molecule has 0 saturated heterocycles. The van der Waals surface area contributed by atoms with E-state index >= 15 is 0 Å². The molecule has 0 aliphatic heterocycles. The first-order chi connectivity index (χ1) is 29.2. The molecule has 9 aromatic carbocycles. The zero-order valence-electron chi connectivity index (χ0n) is 31.7. The molecule has 59 heavy (non-hydrogen) atoms. The minimum atomic E-state index is 0.623. The highest BCUT2D eigenvalue weighted by molar-refractivity contribution is 6.25. The molecule has 0 atom stereocenters. The largest absolute Gasteiger partial charge is 0.455 e. The number of rotatable bonds is 5. The topological polar surface area (TPSA) is 64.7 Å². The molecule has 0 bridgehead atoms. The van der Waals surface area contributed by atoms with Gasteiger partial charge in [-0.2, -0.15) is 0 Å². The Morgan fingerprint density at radius 3 is 1.37 bits per heavy atom. The molecule has 3 heterocycles. The van der Waals surface area contributed by atoms with Crippen LogP contribution >= 0.6 is 0 Å². The van der Waals surface area contributed by atoms with E-state index in [-0.39, 0.29) is 0 Å². The predicted octanol–water partition coefficient (Wildman–Crippen LogP) is 14.1. The summed E-state index contributed by atoms with van der Waals surface area (Å²) in [7, 11) is 0. The van der Waals surface area contributed by atoms with Crippen molar-refractivity contribution in [2.45, 2.75) is 0 Å². The van der Waals surface area contributed by atoms with Gasteiger partial charge < -0.3 is 4.42 Å². The van der Waals surface area contributed by atoms with Gasteiger partial charge in [0.25, 0.3) is 0 Å². The van der Waals surface area contributed by atoms with Gasteiger partial charge in [0.1, 0.15) is 11.2 Å². The van der Waals surface area contributed by atoms with Gasteiger partial charge in [0.2, 0.25) is 0 Å². The number of fused-ring (bicyclic) bond motifs is 11. The Labute approximate surface area is 338 Å². The Bertz CT molecular complexity index is 3560. The van der Waals surface area contributed by atoms with Crippen LogP contribution in [0.1, 0.15) is 0 Å². The minimum absolute atomic E-state index is 0.623. The third kappa shape index (κ3) is 5.47. The van der Waals surface area contributed by atoms with Crippen molar-refractivity contribution in [2.24, 2.45) is 0 Å². The Kier molecular flexibility index (Phi) is 7.47. The van der Waals surface area contributed by atoms with E-state index < -0.39 is 0 Å². The average molecular weight is 753 g/mol. The van der Waals surface area contributed by atoms with Crippen LogP contribution in [0, 0.1) is 0 Å². The number of furan rings is 1. The van der Waals surface area contributed by atoms with Crippen molar-refractivity contribution in [3.05, 3.63) is 194 Å². The first kappa shape index (κ1) is 33.2. The number of benzene rings is 9. The number of hydrogen-bond acceptors (Lipinski definition) is 5. The quantitative estimate of drug-likeness (QED) is 0.164. The van der Waals surface area contributed by atoms with Gasteiger partial charge in [-0.3, -0.25) is 0 Å². The fourth-order valence-electron chi connectivity index (χ4n) is 8.65. The number of pyridine rings is 1. The van der Waals surface area contributed by atoms with Crippen LogP contribution in [-0.4, -0.2) is 19.9 Å². The molecule has 12 aromatic rings. The van der Waals surface area contributed by atoms with Gasteiger partial charge in [-0.1, -0.05) is 170 Å². The van der Waals surface area contributed by atoms with Gasteiger partial charge in [0.15, 0.2) is 17.5 Å². The molecular formula is C54H32N4O. The van der Waals surface area contributed by atoms with Crippen molar-refractivity contribution in [2.75, 3.05) is 0 Å². The molecule has 12 rings (SSSR count). The van der Waals surface area contributed by atoms with Crippen molar-refractivity contribution < 1.29 is 4.42 Å². The fraction of sp³-hybridized carbons (Fsp3) is 0. The monoisotopic (exact) mass is 752 g/mol. The smallest absolute Gasteiger partial charge is 0.164 e. The lowest BCUT2D eigenvalue weighted by Crippen LogP contribution is -2.00. The normalized spacial score (nSPS) is 11.7. The summed E-state index contributed by atoms with van der Waals surface area (Å²) >= 11 is 0. The van der Waals surface area contributed by atoms with Gasteiger partial charge in [0.05, 0.1) is 16.6 Å². The van der Waals surface area contributed by atoms with Crippen LogP contribution in [0.3, 0.4) is 0 Å².